The van der Waals surface area contributed by atoms with Crippen molar-refractivity contribution >= 4 is 23.1 Å². The smallest absolute Gasteiger partial charge is 0.260 e. The van der Waals surface area contributed by atoms with Crippen molar-refractivity contribution in [2.75, 3.05) is 5.32 Å². The van der Waals surface area contributed by atoms with Gasteiger partial charge in [-0.25, -0.2) is 23.1 Å². The van der Waals surface area contributed by atoms with E-state index in [0.717, 1.165) is 6.20 Å². The number of rotatable bonds is 4. The lowest BCUT2D eigenvalue weighted by Gasteiger charge is -2.34. The van der Waals surface area contributed by atoms with Crippen LogP contribution in [0.3, 0.4) is 0 Å². The second kappa shape index (κ2) is 6.30. The molecular formula is C19H19F3N6O. The van der Waals surface area contributed by atoms with Crippen LogP contribution >= 0.6 is 0 Å². The van der Waals surface area contributed by atoms with Crippen molar-refractivity contribution in [1.29, 1.82) is 0 Å². The molecule has 3 aliphatic rings. The Morgan fingerprint density at radius 3 is 2.76 bits per heavy atom. The van der Waals surface area contributed by atoms with E-state index in [1.807, 2.05) is 0 Å². The van der Waals surface area contributed by atoms with Gasteiger partial charge in [-0.2, -0.15) is 5.10 Å². The van der Waals surface area contributed by atoms with E-state index in [-0.39, 0.29) is 30.1 Å². The molecule has 2 aliphatic heterocycles. The highest BCUT2D eigenvalue weighted by Gasteiger charge is 2.63. The molecule has 1 amide bonds. The van der Waals surface area contributed by atoms with Gasteiger partial charge in [-0.1, -0.05) is 6.08 Å². The standard InChI is InChI=1S/C19H19F3N6O/c1-27-9-11(7-24-27)25-18-23-8-15(20)16(26-18)10-4-12-2-3-13(5-10)28(12)17(29)14-6-19(14,21)22/h4,7-9,12-14H,2-3,5-6H2,1H3,(H,23,25,26). The van der Waals surface area contributed by atoms with Gasteiger partial charge in [0.15, 0.2) is 5.82 Å². The van der Waals surface area contributed by atoms with Crippen molar-refractivity contribution in [2.45, 2.75) is 43.7 Å². The van der Waals surface area contributed by atoms with Crippen LogP contribution in [0.25, 0.3) is 5.57 Å². The molecule has 0 radical (unpaired) electrons. The third-order valence-electron chi connectivity index (χ3n) is 5.78. The number of aromatic nitrogens is 4. The maximum Gasteiger partial charge on any atom is 0.260 e. The Hall–Kier alpha value is -2.91. The molecule has 5 rings (SSSR count). The van der Waals surface area contributed by atoms with Gasteiger partial charge in [-0.05, 0) is 24.8 Å². The molecule has 7 nitrogen and oxygen atoms in total. The van der Waals surface area contributed by atoms with E-state index in [4.69, 9.17) is 0 Å². The Balaban J connectivity index is 1.40. The molecule has 29 heavy (non-hydrogen) atoms. The molecule has 2 bridgehead atoms. The van der Waals surface area contributed by atoms with E-state index < -0.39 is 23.6 Å². The van der Waals surface area contributed by atoms with Crippen LogP contribution in [0.1, 0.15) is 31.4 Å². The zero-order valence-electron chi connectivity index (χ0n) is 15.6. The lowest BCUT2D eigenvalue weighted by atomic mass is 9.97. The number of aryl methyl sites for hydroxylation is 1. The number of alkyl halides is 2. The summed E-state index contributed by atoms with van der Waals surface area (Å²) in [5, 5.41) is 7.03. The van der Waals surface area contributed by atoms with E-state index in [9.17, 15) is 18.0 Å². The van der Waals surface area contributed by atoms with Crippen LogP contribution < -0.4 is 5.32 Å². The molecule has 0 aromatic carbocycles. The van der Waals surface area contributed by atoms with Gasteiger partial charge in [0.05, 0.1) is 24.1 Å². The average Bonchev–Trinajstić information content (AvgIpc) is 2.97. The van der Waals surface area contributed by atoms with Gasteiger partial charge in [0.1, 0.15) is 11.6 Å². The van der Waals surface area contributed by atoms with Crippen molar-refractivity contribution < 1.29 is 18.0 Å². The highest BCUT2D eigenvalue weighted by Crippen LogP contribution is 2.51. The number of carbonyl (C=O) groups is 1. The minimum Gasteiger partial charge on any atom is -0.332 e. The first kappa shape index (κ1) is 18.1. The molecule has 2 fully saturated rings. The van der Waals surface area contributed by atoms with Crippen molar-refractivity contribution in [2.24, 2.45) is 13.0 Å². The third kappa shape index (κ3) is 3.16. The summed E-state index contributed by atoms with van der Waals surface area (Å²) in [6.07, 6.45) is 7.65. The monoisotopic (exact) mass is 404 g/mol. The molecule has 0 spiro atoms. The molecule has 3 unspecified atom stereocenters. The van der Waals surface area contributed by atoms with Crippen LogP contribution in [0.4, 0.5) is 24.8 Å². The second-order valence-electron chi connectivity index (χ2n) is 7.88. The van der Waals surface area contributed by atoms with Gasteiger partial charge in [0.2, 0.25) is 11.9 Å². The van der Waals surface area contributed by atoms with E-state index >= 15 is 0 Å². The number of hydrogen-bond donors (Lipinski definition) is 1. The fraction of sp³-hybridized carbons (Fsp3) is 0.474. The third-order valence-corrected chi connectivity index (χ3v) is 5.78. The number of fused-ring (bicyclic) bond motifs is 2. The molecule has 3 atom stereocenters. The number of nitrogens with one attached hydrogen (secondary N) is 1. The molecule has 10 heteroatoms. The van der Waals surface area contributed by atoms with Crippen molar-refractivity contribution in [3.8, 4) is 0 Å². The quantitative estimate of drug-likeness (QED) is 0.848. The Morgan fingerprint density at radius 2 is 2.10 bits per heavy atom. The summed E-state index contributed by atoms with van der Waals surface area (Å²) < 4.78 is 42.8. The molecule has 1 N–H and O–H groups in total. The number of anilines is 2. The van der Waals surface area contributed by atoms with E-state index in [1.165, 1.54) is 0 Å². The van der Waals surface area contributed by atoms with E-state index in [0.29, 0.717) is 30.5 Å². The molecule has 2 aromatic heterocycles. The topological polar surface area (TPSA) is 75.9 Å². The predicted molar refractivity (Wildman–Crippen MR) is 97.8 cm³/mol. The van der Waals surface area contributed by atoms with Gasteiger partial charge >= 0.3 is 0 Å². The van der Waals surface area contributed by atoms with Gasteiger partial charge in [-0.3, -0.25) is 9.48 Å². The van der Waals surface area contributed by atoms with Gasteiger partial charge < -0.3 is 10.2 Å². The number of carbonyl (C=O) groups excluding carboxylic acids is 1. The minimum atomic E-state index is -2.88. The first-order valence-corrected chi connectivity index (χ1v) is 9.51. The zero-order valence-corrected chi connectivity index (χ0v) is 15.6. The van der Waals surface area contributed by atoms with Crippen LogP contribution in [-0.2, 0) is 11.8 Å². The largest absolute Gasteiger partial charge is 0.332 e. The zero-order chi connectivity index (χ0) is 20.3. The Kier molecular flexibility index (Phi) is 3.94. The van der Waals surface area contributed by atoms with Crippen LogP contribution in [0.15, 0.2) is 24.7 Å². The van der Waals surface area contributed by atoms with Gasteiger partial charge in [0.25, 0.3) is 5.92 Å². The van der Waals surface area contributed by atoms with Crippen LogP contribution in [0, 0.1) is 11.7 Å². The van der Waals surface area contributed by atoms with Crippen molar-refractivity contribution in [3.63, 3.8) is 0 Å². The highest BCUT2D eigenvalue weighted by molar-refractivity contribution is 5.85. The lowest BCUT2D eigenvalue weighted by molar-refractivity contribution is -0.137. The highest BCUT2D eigenvalue weighted by atomic mass is 19.3. The molecular weight excluding hydrogens is 385 g/mol. The van der Waals surface area contributed by atoms with Crippen LogP contribution in [0.2, 0.25) is 0 Å². The van der Waals surface area contributed by atoms with Crippen LogP contribution in [0.5, 0.6) is 0 Å². The summed E-state index contributed by atoms with van der Waals surface area (Å²) in [5.74, 6) is -4.89. The van der Waals surface area contributed by atoms with Crippen molar-refractivity contribution in [3.05, 3.63) is 36.2 Å². The fourth-order valence-corrected chi connectivity index (χ4v) is 4.28. The number of nitrogens with zero attached hydrogens (tertiary/aromatic N) is 5. The maximum atomic E-state index is 14.5. The maximum absolute atomic E-state index is 14.5. The fourth-order valence-electron chi connectivity index (χ4n) is 4.28. The lowest BCUT2D eigenvalue weighted by Crippen LogP contribution is -2.44. The number of amides is 1. The normalized spacial score (nSPS) is 27.0. The molecule has 1 saturated heterocycles. The number of halogens is 3. The van der Waals surface area contributed by atoms with E-state index in [2.05, 4.69) is 20.4 Å². The SMILES string of the molecule is Cn1cc(Nc2ncc(F)c(C3=CC4CCC(C3)N4C(=O)C3CC3(F)F)n2)cn1. The summed E-state index contributed by atoms with van der Waals surface area (Å²) in [7, 11) is 1.77. The second-order valence-corrected chi connectivity index (χ2v) is 7.88. The summed E-state index contributed by atoms with van der Waals surface area (Å²) >= 11 is 0. The van der Waals surface area contributed by atoms with Crippen LogP contribution in [-0.4, -0.2) is 48.6 Å². The Morgan fingerprint density at radius 1 is 1.31 bits per heavy atom. The average molecular weight is 404 g/mol. The minimum absolute atomic E-state index is 0.173. The first-order chi connectivity index (χ1) is 13.8. The first-order valence-electron chi connectivity index (χ1n) is 9.51. The molecule has 1 saturated carbocycles. The van der Waals surface area contributed by atoms with Gasteiger partial charge in [-0.15, -0.1) is 0 Å². The molecule has 152 valence electrons. The summed E-state index contributed by atoms with van der Waals surface area (Å²) in [5.41, 5.74) is 1.52. The van der Waals surface area contributed by atoms with E-state index in [1.54, 1.807) is 35.1 Å². The van der Waals surface area contributed by atoms with Crippen molar-refractivity contribution in [1.82, 2.24) is 24.6 Å². The van der Waals surface area contributed by atoms with Gasteiger partial charge in [0, 0.05) is 25.7 Å². The summed E-state index contributed by atoms with van der Waals surface area (Å²) in [6.45, 7) is 0. The number of hydrogen-bond acceptors (Lipinski definition) is 5. The Labute approximate surface area is 164 Å². The molecule has 2 aromatic rings. The predicted octanol–water partition coefficient (Wildman–Crippen LogP) is 2.89. The Bertz CT molecular complexity index is 1020. The summed E-state index contributed by atoms with van der Waals surface area (Å²) in [4.78, 5) is 22.4. The summed E-state index contributed by atoms with van der Waals surface area (Å²) in [6, 6.07) is -0.496. The molecule has 4 heterocycles. The molecule has 1 aliphatic carbocycles.